The van der Waals surface area contributed by atoms with E-state index in [1.807, 2.05) is 34.9 Å². The molecular formula is C22H30Cl2N2ORu-2. The number of nitrogens with zero attached hydrogens (tertiary/aromatic N) is 2. The molecule has 1 heterocycles. The molecule has 158 valence electrons. The predicted molar refractivity (Wildman–Crippen MR) is 121 cm³/mol. The first kappa shape index (κ1) is 25.3. The normalized spacial score (nSPS) is 14.1. The quantitative estimate of drug-likeness (QED) is 0.461. The fourth-order valence-electron chi connectivity index (χ4n) is 3.25. The molecule has 0 saturated carbocycles. The van der Waals surface area contributed by atoms with Gasteiger partial charge >= 0.3 is 73.4 Å². The van der Waals surface area contributed by atoms with E-state index in [4.69, 9.17) is 24.5 Å². The van der Waals surface area contributed by atoms with E-state index in [0.717, 1.165) is 25.2 Å². The van der Waals surface area contributed by atoms with Crippen molar-refractivity contribution in [3.05, 3.63) is 78.8 Å². The Hall–Kier alpha value is -0.767. The number of hydrogen-bond donors (Lipinski definition) is 1. The number of hydrogen-bond acceptors (Lipinski definition) is 3. The first-order valence-electron chi connectivity index (χ1n) is 8.83. The Kier molecular flexibility index (Phi) is 11.5. The molecule has 3 rings (SSSR count). The molecule has 2 aromatic rings. The zero-order valence-electron chi connectivity index (χ0n) is 17.0. The number of benzene rings is 2. The van der Waals surface area contributed by atoms with Gasteiger partial charge in [0.1, 0.15) is 0 Å². The van der Waals surface area contributed by atoms with Crippen molar-refractivity contribution in [2.75, 3.05) is 31.1 Å². The van der Waals surface area contributed by atoms with Crippen LogP contribution in [0.5, 0.6) is 0 Å². The van der Waals surface area contributed by atoms with Crippen LogP contribution in [0.15, 0.2) is 42.5 Å². The number of halogens is 2. The molecule has 28 heavy (non-hydrogen) atoms. The van der Waals surface area contributed by atoms with Gasteiger partial charge in [-0.3, -0.25) is 0 Å². The van der Waals surface area contributed by atoms with E-state index in [-0.39, 0.29) is 14.0 Å². The van der Waals surface area contributed by atoms with Crippen LogP contribution in [0, 0.1) is 34.9 Å². The van der Waals surface area contributed by atoms with Gasteiger partial charge in [0.25, 0.3) is 0 Å². The Labute approximate surface area is 183 Å². The summed E-state index contributed by atoms with van der Waals surface area (Å²) in [6.45, 7) is 11.5. The van der Waals surface area contributed by atoms with Gasteiger partial charge in [0, 0.05) is 12.2 Å². The van der Waals surface area contributed by atoms with Gasteiger partial charge in [0.05, 0.1) is 6.61 Å². The topological polar surface area (TPSA) is 26.7 Å². The maximum absolute atomic E-state index is 8.95. The van der Waals surface area contributed by atoms with Gasteiger partial charge in [-0.2, -0.15) is 6.67 Å². The van der Waals surface area contributed by atoms with Gasteiger partial charge in [0.15, 0.2) is 0 Å². The summed E-state index contributed by atoms with van der Waals surface area (Å²) >= 11 is -1.61. The molecule has 1 aliphatic rings. The van der Waals surface area contributed by atoms with Crippen molar-refractivity contribution in [1.29, 1.82) is 0 Å². The standard InChI is InChI=1S/C14H21N2O.C7H6.CH3.2ClH.Ru/c1-11-8-12(2)14(13(3)9-11)16-5-4-15(10-16)6-7-17;1-7-5-3-2-4-6-7;;;;/h8-10,17H,4-7H2,1-3H3;1-6H;1H3;2*1H;/q-1;;-1;;;+2/p-2. The van der Waals surface area contributed by atoms with Crippen LogP contribution in [0.1, 0.15) is 22.3 Å². The molecular weight excluding hydrogens is 480 g/mol. The Morgan fingerprint density at radius 3 is 2.21 bits per heavy atom. The van der Waals surface area contributed by atoms with Crippen LogP contribution in [-0.4, -0.2) is 40.9 Å². The SMILES string of the molecule is Cc1cc(C)c(N2[CH-]N(CCO)CC2)c(C)c1.[CH3-].[Cl][Ru]([Cl])=[CH]c1ccccc1. The van der Waals surface area contributed by atoms with Crippen LogP contribution in [-0.2, 0) is 13.5 Å². The molecule has 0 unspecified atom stereocenters. The third-order valence-electron chi connectivity index (χ3n) is 4.24. The Morgan fingerprint density at radius 1 is 1.07 bits per heavy atom. The van der Waals surface area contributed by atoms with E-state index in [0.29, 0.717) is 0 Å². The number of anilines is 1. The van der Waals surface area contributed by atoms with Crippen molar-refractivity contribution >= 4 is 29.7 Å². The van der Waals surface area contributed by atoms with Crippen LogP contribution < -0.4 is 4.90 Å². The number of aliphatic hydroxyl groups excluding tert-OH is 1. The summed E-state index contributed by atoms with van der Waals surface area (Å²) in [5.74, 6) is 0. The molecule has 2 aromatic carbocycles. The first-order valence-corrected chi connectivity index (χ1v) is 14.3. The fraction of sp³-hybridized carbons (Fsp3) is 0.318. The van der Waals surface area contributed by atoms with Gasteiger partial charge in [-0.25, -0.2) is 0 Å². The third-order valence-corrected chi connectivity index (χ3v) is 6.11. The monoisotopic (exact) mass is 510 g/mol. The van der Waals surface area contributed by atoms with E-state index in [9.17, 15) is 0 Å². The molecule has 0 aromatic heterocycles. The molecule has 1 saturated heterocycles. The number of β-amino-alcohol motifs (C(OH)–C–C–N with tert-alkyl or cyclic N) is 1. The molecule has 1 aliphatic heterocycles. The van der Waals surface area contributed by atoms with E-state index < -0.39 is 13.5 Å². The number of rotatable bonds is 4. The average molecular weight is 510 g/mol. The summed E-state index contributed by atoms with van der Waals surface area (Å²) in [6.07, 6.45) is 0. The predicted octanol–water partition coefficient (Wildman–Crippen LogP) is 5.06. The van der Waals surface area contributed by atoms with Gasteiger partial charge in [-0.15, -0.1) is 0 Å². The Morgan fingerprint density at radius 2 is 1.68 bits per heavy atom. The van der Waals surface area contributed by atoms with Crippen molar-refractivity contribution in [1.82, 2.24) is 4.90 Å². The van der Waals surface area contributed by atoms with Gasteiger partial charge in [0.2, 0.25) is 0 Å². The van der Waals surface area contributed by atoms with E-state index in [2.05, 4.69) is 49.4 Å². The molecule has 3 nitrogen and oxygen atoms in total. The van der Waals surface area contributed by atoms with Crippen LogP contribution in [0.2, 0.25) is 0 Å². The van der Waals surface area contributed by atoms with E-state index in [1.54, 1.807) is 0 Å². The van der Waals surface area contributed by atoms with E-state index >= 15 is 0 Å². The van der Waals surface area contributed by atoms with Gasteiger partial charge in [-0.05, 0) is 45.0 Å². The van der Waals surface area contributed by atoms with Crippen LogP contribution in [0.4, 0.5) is 5.69 Å². The second-order valence-electron chi connectivity index (χ2n) is 6.53. The van der Waals surface area contributed by atoms with Crippen LogP contribution >= 0.6 is 19.4 Å². The summed E-state index contributed by atoms with van der Waals surface area (Å²) in [5.41, 5.74) is 6.40. The maximum atomic E-state index is 8.95. The summed E-state index contributed by atoms with van der Waals surface area (Å²) in [4.78, 5) is 4.46. The molecule has 0 amide bonds. The zero-order chi connectivity index (χ0) is 19.8. The fourth-order valence-corrected chi connectivity index (χ4v) is 5.08. The number of aryl methyl sites for hydroxylation is 3. The molecule has 1 N–H and O–H groups in total. The Bertz CT molecular complexity index is 741. The van der Waals surface area contributed by atoms with Crippen molar-refractivity contribution in [2.45, 2.75) is 20.8 Å². The minimum atomic E-state index is -1.61. The molecule has 1 fully saturated rings. The van der Waals surface area contributed by atoms with Crippen molar-refractivity contribution < 1.29 is 18.6 Å². The average Bonchev–Trinajstić information content (AvgIpc) is 3.03. The molecule has 0 aliphatic carbocycles. The van der Waals surface area contributed by atoms with Gasteiger partial charge < -0.3 is 22.3 Å². The van der Waals surface area contributed by atoms with Crippen molar-refractivity contribution in [3.63, 3.8) is 0 Å². The second-order valence-corrected chi connectivity index (χ2v) is 12.3. The van der Waals surface area contributed by atoms with Gasteiger partial charge in [-0.1, -0.05) is 17.7 Å². The van der Waals surface area contributed by atoms with Crippen molar-refractivity contribution in [3.8, 4) is 0 Å². The first-order chi connectivity index (χ1) is 12.9. The van der Waals surface area contributed by atoms with Crippen LogP contribution in [0.25, 0.3) is 0 Å². The molecule has 0 bridgehead atoms. The van der Waals surface area contributed by atoms with Crippen molar-refractivity contribution in [2.24, 2.45) is 0 Å². The van der Waals surface area contributed by atoms with E-state index in [1.165, 1.54) is 22.4 Å². The summed E-state index contributed by atoms with van der Waals surface area (Å²) in [7, 11) is 11.3. The zero-order valence-corrected chi connectivity index (χ0v) is 20.2. The summed E-state index contributed by atoms with van der Waals surface area (Å²) in [5, 5.41) is 8.95. The summed E-state index contributed by atoms with van der Waals surface area (Å²) < 4.78 is 1.92. The summed E-state index contributed by atoms with van der Waals surface area (Å²) in [6, 6.07) is 14.3. The van der Waals surface area contributed by atoms with Crippen LogP contribution in [0.3, 0.4) is 0 Å². The molecule has 0 radical (unpaired) electrons. The Balaban J connectivity index is 0.000000307. The molecule has 0 spiro atoms. The number of aliphatic hydroxyl groups is 1. The molecule has 0 atom stereocenters. The third kappa shape index (κ3) is 7.93. The molecule has 6 heteroatoms. The second kappa shape index (κ2) is 12.7. The minimum absolute atomic E-state index is 0.